The van der Waals surface area contributed by atoms with Crippen molar-refractivity contribution in [1.82, 2.24) is 15.3 Å². The van der Waals surface area contributed by atoms with Gasteiger partial charge in [-0.15, -0.1) is 0 Å². The van der Waals surface area contributed by atoms with E-state index in [4.69, 9.17) is 0 Å². The van der Waals surface area contributed by atoms with Crippen molar-refractivity contribution in [3.8, 4) is 0 Å². The number of nitrogens with one attached hydrogen (secondary N) is 2. The summed E-state index contributed by atoms with van der Waals surface area (Å²) < 4.78 is 17.0. The molecule has 3 rings (SSSR count). The highest BCUT2D eigenvalue weighted by Crippen LogP contribution is 2.41. The third kappa shape index (κ3) is 3.38. The molecule has 7 nitrogen and oxygen atoms in total. The molecule has 2 aliphatic rings. The number of anilines is 1. The number of rotatable bonds is 4. The summed E-state index contributed by atoms with van der Waals surface area (Å²) >= 11 is 0. The zero-order valence-corrected chi connectivity index (χ0v) is 15.4. The first-order valence-corrected chi connectivity index (χ1v) is 9.46. The van der Waals surface area contributed by atoms with Crippen LogP contribution in [0.2, 0.25) is 0 Å². The molecule has 1 aromatic rings. The number of aryl methyl sites for hydroxylation is 1. The number of carbonyl (C=O) groups excluding carboxylic acids is 1. The summed E-state index contributed by atoms with van der Waals surface area (Å²) in [7, 11) is 0.280. The third-order valence-corrected chi connectivity index (χ3v) is 5.81. The predicted molar refractivity (Wildman–Crippen MR) is 91.7 cm³/mol. The van der Waals surface area contributed by atoms with Crippen molar-refractivity contribution in [2.75, 3.05) is 24.7 Å². The molecular formula is C16H24N4O3S. The Morgan fingerprint density at radius 1 is 1.33 bits per heavy atom. The zero-order chi connectivity index (χ0) is 17.5. The molecule has 0 bridgehead atoms. The molecule has 1 aliphatic heterocycles. The molecule has 132 valence electrons. The monoisotopic (exact) mass is 352 g/mol. The average molecular weight is 352 g/mol. The lowest BCUT2D eigenvalue weighted by molar-refractivity contribution is 0.170. The SMILES string of the molecule is COC(=O)NCC1(Nc2nc(C(C)(C)C)nc3c2S(=O)CC3)CC1. The number of fused-ring (bicyclic) bond motifs is 1. The van der Waals surface area contributed by atoms with Crippen LogP contribution in [0.15, 0.2) is 4.90 Å². The van der Waals surface area contributed by atoms with Crippen LogP contribution < -0.4 is 10.6 Å². The highest BCUT2D eigenvalue weighted by molar-refractivity contribution is 7.85. The predicted octanol–water partition coefficient (Wildman–Crippen LogP) is 1.74. The minimum absolute atomic E-state index is 0.184. The summed E-state index contributed by atoms with van der Waals surface area (Å²) in [5.74, 6) is 2.00. The van der Waals surface area contributed by atoms with Gasteiger partial charge < -0.3 is 15.4 Å². The van der Waals surface area contributed by atoms with Crippen molar-refractivity contribution >= 4 is 22.7 Å². The summed E-state index contributed by atoms with van der Waals surface area (Å²) in [5, 5.41) is 6.17. The first-order chi connectivity index (χ1) is 11.2. The molecule has 8 heteroatoms. The molecule has 1 unspecified atom stereocenters. The quantitative estimate of drug-likeness (QED) is 0.857. The number of nitrogens with zero attached hydrogens (tertiary/aromatic N) is 2. The van der Waals surface area contributed by atoms with Gasteiger partial charge in [0, 0.05) is 24.1 Å². The number of amides is 1. The number of alkyl carbamates (subject to hydrolysis) is 1. The van der Waals surface area contributed by atoms with Crippen molar-refractivity contribution in [3.05, 3.63) is 11.5 Å². The first-order valence-electron chi connectivity index (χ1n) is 8.14. The number of hydrogen-bond acceptors (Lipinski definition) is 6. The lowest BCUT2D eigenvalue weighted by atomic mass is 9.95. The van der Waals surface area contributed by atoms with Crippen LogP contribution >= 0.6 is 0 Å². The molecule has 2 heterocycles. The second-order valence-corrected chi connectivity index (χ2v) is 8.98. The van der Waals surface area contributed by atoms with E-state index >= 15 is 0 Å². The zero-order valence-electron chi connectivity index (χ0n) is 14.6. The van der Waals surface area contributed by atoms with Crippen molar-refractivity contribution in [1.29, 1.82) is 0 Å². The van der Waals surface area contributed by atoms with Crippen LogP contribution in [0.5, 0.6) is 0 Å². The van der Waals surface area contributed by atoms with Gasteiger partial charge in [-0.3, -0.25) is 4.21 Å². The van der Waals surface area contributed by atoms with E-state index in [1.54, 1.807) is 0 Å². The Balaban J connectivity index is 1.89. The van der Waals surface area contributed by atoms with Crippen LogP contribution in [0.1, 0.15) is 45.1 Å². The maximum atomic E-state index is 12.4. The Hall–Kier alpha value is -1.70. The smallest absolute Gasteiger partial charge is 0.406 e. The third-order valence-electron chi connectivity index (χ3n) is 4.35. The maximum Gasteiger partial charge on any atom is 0.406 e. The molecule has 0 aromatic carbocycles. The molecule has 1 fully saturated rings. The summed E-state index contributed by atoms with van der Waals surface area (Å²) in [5.41, 5.74) is 0.460. The van der Waals surface area contributed by atoms with E-state index in [0.717, 1.165) is 35.7 Å². The number of hydrogen-bond donors (Lipinski definition) is 2. The summed E-state index contributed by atoms with van der Waals surface area (Å²) in [4.78, 5) is 21.4. The molecule has 1 aromatic heterocycles. The molecule has 1 aliphatic carbocycles. The van der Waals surface area contributed by atoms with Gasteiger partial charge in [0.2, 0.25) is 0 Å². The maximum absolute atomic E-state index is 12.4. The number of methoxy groups -OCH3 is 1. The molecule has 1 saturated carbocycles. The van der Waals surface area contributed by atoms with Gasteiger partial charge in [0.25, 0.3) is 0 Å². The van der Waals surface area contributed by atoms with E-state index in [1.165, 1.54) is 7.11 Å². The van der Waals surface area contributed by atoms with Crippen molar-refractivity contribution in [2.45, 2.75) is 55.9 Å². The van der Waals surface area contributed by atoms with E-state index in [1.807, 2.05) is 0 Å². The highest BCUT2D eigenvalue weighted by Gasteiger charge is 2.44. The van der Waals surface area contributed by atoms with Gasteiger partial charge in [0.1, 0.15) is 16.5 Å². The Bertz CT molecular complexity index is 695. The number of aromatic nitrogens is 2. The van der Waals surface area contributed by atoms with Gasteiger partial charge in [-0.2, -0.15) is 0 Å². The number of ether oxygens (including phenoxy) is 1. The van der Waals surface area contributed by atoms with E-state index < -0.39 is 16.9 Å². The minimum Gasteiger partial charge on any atom is -0.453 e. The van der Waals surface area contributed by atoms with Crippen LogP contribution in [-0.4, -0.2) is 45.2 Å². The fourth-order valence-corrected chi connectivity index (χ4v) is 3.98. The van der Waals surface area contributed by atoms with Crippen LogP contribution in [0.4, 0.5) is 10.6 Å². The fraction of sp³-hybridized carbons (Fsp3) is 0.688. The van der Waals surface area contributed by atoms with Gasteiger partial charge in [-0.1, -0.05) is 20.8 Å². The van der Waals surface area contributed by atoms with Crippen molar-refractivity contribution < 1.29 is 13.7 Å². The minimum atomic E-state index is -1.07. The molecule has 1 amide bonds. The Labute approximate surface area is 144 Å². The van der Waals surface area contributed by atoms with Crippen LogP contribution in [-0.2, 0) is 27.4 Å². The largest absolute Gasteiger partial charge is 0.453 e. The van der Waals surface area contributed by atoms with E-state index in [2.05, 4.69) is 46.1 Å². The Morgan fingerprint density at radius 2 is 2.04 bits per heavy atom. The lowest BCUT2D eigenvalue weighted by Crippen LogP contribution is -2.38. The van der Waals surface area contributed by atoms with Crippen molar-refractivity contribution in [2.24, 2.45) is 0 Å². The fourth-order valence-electron chi connectivity index (χ4n) is 2.68. The second-order valence-electron chi connectivity index (χ2n) is 7.47. The van der Waals surface area contributed by atoms with Crippen LogP contribution in [0.25, 0.3) is 0 Å². The molecular weight excluding hydrogens is 328 g/mol. The van der Waals surface area contributed by atoms with Gasteiger partial charge >= 0.3 is 6.09 Å². The standard InChI is InChI=1S/C16H24N4O3S/c1-15(2,3)13-18-10-5-8-24(22)11(10)12(19-13)20-16(6-7-16)9-17-14(21)23-4/h5-9H2,1-4H3,(H,17,21)(H,18,19,20). The topological polar surface area (TPSA) is 93.2 Å². The summed E-state index contributed by atoms with van der Waals surface area (Å²) in [6, 6.07) is 0. The van der Waals surface area contributed by atoms with E-state index in [-0.39, 0.29) is 11.0 Å². The summed E-state index contributed by atoms with van der Waals surface area (Å²) in [6.45, 7) is 6.65. The normalized spacial score (nSPS) is 21.1. The first kappa shape index (κ1) is 17.1. The molecule has 0 spiro atoms. The van der Waals surface area contributed by atoms with Gasteiger partial charge in [0.15, 0.2) is 0 Å². The van der Waals surface area contributed by atoms with Crippen LogP contribution in [0.3, 0.4) is 0 Å². The van der Waals surface area contributed by atoms with Crippen molar-refractivity contribution in [3.63, 3.8) is 0 Å². The lowest BCUT2D eigenvalue weighted by Gasteiger charge is -2.23. The average Bonchev–Trinajstić information content (AvgIpc) is 3.18. The van der Waals surface area contributed by atoms with Crippen LogP contribution in [0, 0.1) is 0 Å². The highest BCUT2D eigenvalue weighted by atomic mass is 32.2. The molecule has 24 heavy (non-hydrogen) atoms. The van der Waals surface area contributed by atoms with Gasteiger partial charge in [0.05, 0.1) is 29.1 Å². The number of carbonyl (C=O) groups is 1. The Kier molecular flexibility index (Phi) is 4.27. The van der Waals surface area contributed by atoms with E-state index in [9.17, 15) is 9.00 Å². The molecule has 0 radical (unpaired) electrons. The van der Waals surface area contributed by atoms with Gasteiger partial charge in [-0.25, -0.2) is 14.8 Å². The molecule has 0 saturated heterocycles. The Morgan fingerprint density at radius 3 is 2.62 bits per heavy atom. The second kappa shape index (κ2) is 5.98. The molecule has 2 N–H and O–H groups in total. The molecule has 1 atom stereocenters. The van der Waals surface area contributed by atoms with Gasteiger partial charge in [-0.05, 0) is 12.8 Å². The van der Waals surface area contributed by atoms with E-state index in [0.29, 0.717) is 18.1 Å². The summed E-state index contributed by atoms with van der Waals surface area (Å²) in [6.07, 6.45) is 2.12.